The number of rotatable bonds is 3. The highest BCUT2D eigenvalue weighted by Gasteiger charge is 2.59. The third-order valence-corrected chi connectivity index (χ3v) is 31.1. The Morgan fingerprint density at radius 2 is 1.12 bits per heavy atom. The minimum atomic E-state index is -1.21. The molecule has 3 rings (SSSR count). The zero-order valence-corrected chi connectivity index (χ0v) is 19.9. The summed E-state index contributed by atoms with van der Waals surface area (Å²) in [6.45, 7) is 21.7. The van der Waals surface area contributed by atoms with E-state index in [1.165, 1.54) is 12.8 Å². The monoisotopic (exact) mass is 364 g/mol. The Morgan fingerprint density at radius 3 is 1.71 bits per heavy atom. The molecule has 0 heterocycles. The van der Waals surface area contributed by atoms with Crippen molar-refractivity contribution in [3.05, 3.63) is 0 Å². The predicted octanol–water partition coefficient (Wildman–Crippen LogP) is 7.38. The van der Waals surface area contributed by atoms with Gasteiger partial charge in [-0.2, -0.15) is 0 Å². The van der Waals surface area contributed by atoms with Gasteiger partial charge in [0.1, 0.15) is 0 Å². The maximum Gasteiger partial charge on any atom is 0.0451 e. The highest BCUT2D eigenvalue weighted by Crippen LogP contribution is 2.60. The van der Waals surface area contributed by atoms with E-state index in [0.29, 0.717) is 0 Å². The van der Waals surface area contributed by atoms with E-state index in [1.54, 1.807) is 25.7 Å². The van der Waals surface area contributed by atoms with Gasteiger partial charge in [0.05, 0.1) is 0 Å². The molecular weight excluding hydrogens is 320 g/mol. The first-order valence-electron chi connectivity index (χ1n) is 11.1. The van der Waals surface area contributed by atoms with Crippen LogP contribution in [0.5, 0.6) is 0 Å². The van der Waals surface area contributed by atoms with Crippen molar-refractivity contribution in [3.63, 3.8) is 0 Å². The molecule has 0 bridgehead atoms. The molecule has 0 radical (unpaired) electrons. The van der Waals surface area contributed by atoms with Crippen LogP contribution < -0.4 is 0 Å². The normalized spacial score (nSPS) is 47.0. The molecule has 24 heavy (non-hydrogen) atoms. The van der Waals surface area contributed by atoms with Crippen molar-refractivity contribution in [2.75, 3.05) is 0 Å². The second kappa shape index (κ2) is 6.55. The highest BCUT2D eigenvalue weighted by molar-refractivity contribution is 7.41. The number of hydrogen-bond donors (Lipinski definition) is 0. The average Bonchev–Trinajstić information content (AvgIpc) is 3.04. The van der Waals surface area contributed by atoms with Crippen molar-refractivity contribution in [2.45, 2.75) is 103 Å². The fraction of sp³-hybridized carbons (Fsp3) is 1.00. The Balaban J connectivity index is 1.87. The molecule has 0 N–H and O–H groups in total. The van der Waals surface area contributed by atoms with Crippen LogP contribution >= 0.6 is 0 Å². The quantitative estimate of drug-likeness (QED) is 0.458. The zero-order valence-electron chi connectivity index (χ0n) is 17.9. The summed E-state index contributed by atoms with van der Waals surface area (Å²) in [4.78, 5) is 0. The van der Waals surface area contributed by atoms with Gasteiger partial charge in [0.2, 0.25) is 0 Å². The van der Waals surface area contributed by atoms with Gasteiger partial charge < -0.3 is 0 Å². The lowest BCUT2D eigenvalue weighted by Crippen LogP contribution is -2.62. The van der Waals surface area contributed by atoms with E-state index in [0.717, 1.165) is 46.6 Å². The summed E-state index contributed by atoms with van der Waals surface area (Å²) >= 11 is 0. The minimum Gasteiger partial charge on any atom is -0.0711 e. The third-order valence-electron chi connectivity index (χ3n) is 10.4. The van der Waals surface area contributed by atoms with E-state index in [-0.39, 0.29) is 0 Å². The average molecular weight is 365 g/mol. The van der Waals surface area contributed by atoms with Gasteiger partial charge in [0.25, 0.3) is 0 Å². The summed E-state index contributed by atoms with van der Waals surface area (Å²) in [5, 5.41) is 0. The Hall–Kier alpha value is 0.434. The third kappa shape index (κ3) is 2.73. The molecule has 0 spiro atoms. The lowest BCUT2D eigenvalue weighted by atomic mass is 9.82. The predicted molar refractivity (Wildman–Crippen MR) is 114 cm³/mol. The van der Waals surface area contributed by atoms with Crippen molar-refractivity contribution in [3.8, 4) is 0 Å². The zero-order chi connectivity index (χ0) is 17.9. The lowest BCUT2D eigenvalue weighted by Gasteiger charge is -2.52. The molecule has 8 atom stereocenters. The van der Waals surface area contributed by atoms with E-state index in [4.69, 9.17) is 0 Å². The lowest BCUT2D eigenvalue weighted by molar-refractivity contribution is 0.275. The SMILES string of the molecule is CC1C(C)C([Si](C)(C)[Si](C)(C)C2CCC3CCCCC32)[C@H](C)C1C. The minimum absolute atomic E-state index is 0.938. The molecule has 3 aliphatic rings. The first-order chi connectivity index (χ1) is 11.1. The van der Waals surface area contributed by atoms with Gasteiger partial charge in [-0.15, -0.1) is 0 Å². The highest BCUT2D eigenvalue weighted by atomic mass is 29.3. The molecule has 0 aromatic carbocycles. The van der Waals surface area contributed by atoms with Crippen LogP contribution in [-0.2, 0) is 0 Å². The van der Waals surface area contributed by atoms with Crippen molar-refractivity contribution >= 4 is 15.2 Å². The van der Waals surface area contributed by atoms with Crippen molar-refractivity contribution in [1.82, 2.24) is 0 Å². The van der Waals surface area contributed by atoms with E-state index in [1.807, 2.05) is 0 Å². The first-order valence-corrected chi connectivity index (χ1v) is 18.3. The summed E-state index contributed by atoms with van der Waals surface area (Å²) in [5.74, 6) is 6.06. The molecular formula is C22H44Si2. The van der Waals surface area contributed by atoms with Gasteiger partial charge in [0.15, 0.2) is 0 Å². The smallest absolute Gasteiger partial charge is 0.0451 e. The summed E-state index contributed by atoms with van der Waals surface area (Å²) in [7, 11) is -2.39. The first kappa shape index (κ1) is 19.2. The topological polar surface area (TPSA) is 0 Å². The largest absolute Gasteiger partial charge is 0.0711 e. The van der Waals surface area contributed by atoms with Crippen LogP contribution in [0.3, 0.4) is 0 Å². The van der Waals surface area contributed by atoms with Crippen molar-refractivity contribution in [1.29, 1.82) is 0 Å². The van der Waals surface area contributed by atoms with Crippen LogP contribution in [0.2, 0.25) is 37.3 Å². The summed E-state index contributed by atoms with van der Waals surface area (Å²) < 4.78 is 0. The Labute approximate surface area is 154 Å². The molecule has 3 fully saturated rings. The summed E-state index contributed by atoms with van der Waals surface area (Å²) in [6, 6.07) is 0. The van der Waals surface area contributed by atoms with Gasteiger partial charge in [-0.1, -0.05) is 92.4 Å². The van der Waals surface area contributed by atoms with Crippen LogP contribution in [0, 0.1) is 35.5 Å². The number of fused-ring (bicyclic) bond motifs is 1. The Kier molecular flexibility index (Phi) is 5.24. The van der Waals surface area contributed by atoms with Crippen LogP contribution in [0.4, 0.5) is 0 Å². The van der Waals surface area contributed by atoms with Gasteiger partial charge in [-0.25, -0.2) is 0 Å². The Bertz CT molecular complexity index is 441. The molecule has 2 heteroatoms. The fourth-order valence-corrected chi connectivity index (χ4v) is 23.5. The Morgan fingerprint density at radius 1 is 0.583 bits per heavy atom. The summed E-state index contributed by atoms with van der Waals surface area (Å²) in [5.41, 5.74) is 2.24. The molecule has 140 valence electrons. The van der Waals surface area contributed by atoms with Gasteiger partial charge in [0, 0.05) is 15.2 Å². The molecule has 0 aliphatic heterocycles. The molecule has 3 aliphatic carbocycles. The van der Waals surface area contributed by atoms with Gasteiger partial charge >= 0.3 is 0 Å². The summed E-state index contributed by atoms with van der Waals surface area (Å²) in [6.07, 6.45) is 9.40. The van der Waals surface area contributed by atoms with E-state index in [9.17, 15) is 0 Å². The maximum absolute atomic E-state index is 2.86. The maximum atomic E-state index is 2.86. The van der Waals surface area contributed by atoms with Crippen LogP contribution in [0.1, 0.15) is 66.2 Å². The van der Waals surface area contributed by atoms with E-state index < -0.39 is 15.2 Å². The van der Waals surface area contributed by atoms with E-state index >= 15 is 0 Å². The standard InChI is InChI=1S/C22H44Si2/c1-15-16(2)18(4)22(17(15)3)24(7,8)23(5,6)21-14-13-19-11-9-10-12-20(19)21/h15-22H,9-14H2,1-8H3/t15?,16?,17-,18?,19?,20?,21?,22?/m1/s1. The van der Waals surface area contributed by atoms with Gasteiger partial charge in [-0.3, -0.25) is 0 Å². The van der Waals surface area contributed by atoms with Crippen molar-refractivity contribution < 1.29 is 0 Å². The molecule has 0 amide bonds. The van der Waals surface area contributed by atoms with Gasteiger partial charge in [-0.05, 0) is 46.6 Å². The van der Waals surface area contributed by atoms with Crippen molar-refractivity contribution in [2.24, 2.45) is 35.5 Å². The second-order valence-corrected chi connectivity index (χ2v) is 27.3. The van der Waals surface area contributed by atoms with Crippen LogP contribution in [0.25, 0.3) is 0 Å². The molecule has 0 aromatic rings. The fourth-order valence-electron chi connectivity index (χ4n) is 7.94. The molecule has 0 nitrogen and oxygen atoms in total. The molecule has 0 aromatic heterocycles. The second-order valence-electron chi connectivity index (χ2n) is 11.3. The molecule has 3 saturated carbocycles. The number of hydrogen-bond acceptors (Lipinski definition) is 0. The van der Waals surface area contributed by atoms with Crippen LogP contribution in [-0.4, -0.2) is 15.2 Å². The van der Waals surface area contributed by atoms with Crippen LogP contribution in [0.15, 0.2) is 0 Å². The molecule has 7 unspecified atom stereocenters. The molecule has 0 saturated heterocycles. The van der Waals surface area contributed by atoms with E-state index in [2.05, 4.69) is 53.9 Å².